The summed E-state index contributed by atoms with van der Waals surface area (Å²) < 4.78 is 1.69. The van der Waals surface area contributed by atoms with Crippen molar-refractivity contribution in [3.63, 3.8) is 0 Å². The largest absolute Gasteiger partial charge is 0.342 e. The summed E-state index contributed by atoms with van der Waals surface area (Å²) in [6.45, 7) is 10.4. The molecule has 1 aliphatic rings. The standard InChI is InChI=1S/C18H25N3O2S2/c1-5-21-17(23)15-12(3)13(4)25-16(15)19-18(21)24-10-14(22)20-8-6-11(2)7-9-20/h11H,5-10H2,1-4H3. The third-order valence-electron chi connectivity index (χ3n) is 5.03. The van der Waals surface area contributed by atoms with Crippen molar-refractivity contribution in [3.8, 4) is 0 Å². The highest BCUT2D eigenvalue weighted by Crippen LogP contribution is 2.28. The fourth-order valence-corrected chi connectivity index (χ4v) is 5.21. The van der Waals surface area contributed by atoms with Gasteiger partial charge in [-0.25, -0.2) is 4.98 Å². The number of nitrogens with zero attached hydrogens (tertiary/aromatic N) is 3. The first-order valence-corrected chi connectivity index (χ1v) is 10.6. The van der Waals surface area contributed by atoms with Gasteiger partial charge >= 0.3 is 0 Å². The molecule has 1 aliphatic heterocycles. The third kappa shape index (κ3) is 3.62. The van der Waals surface area contributed by atoms with E-state index in [1.54, 1.807) is 15.9 Å². The van der Waals surface area contributed by atoms with Crippen LogP contribution < -0.4 is 5.56 Å². The molecule has 0 saturated carbocycles. The van der Waals surface area contributed by atoms with E-state index < -0.39 is 0 Å². The zero-order valence-corrected chi connectivity index (χ0v) is 16.9. The number of amides is 1. The lowest BCUT2D eigenvalue weighted by molar-refractivity contribution is -0.129. The van der Waals surface area contributed by atoms with Crippen LogP contribution in [0.3, 0.4) is 0 Å². The van der Waals surface area contributed by atoms with Crippen LogP contribution in [-0.4, -0.2) is 39.2 Å². The molecular weight excluding hydrogens is 354 g/mol. The summed E-state index contributed by atoms with van der Waals surface area (Å²) in [6, 6.07) is 0. The van der Waals surface area contributed by atoms with Crippen LogP contribution in [0.2, 0.25) is 0 Å². The topological polar surface area (TPSA) is 55.2 Å². The molecule has 1 fully saturated rings. The Bertz CT molecular complexity index is 848. The molecule has 3 rings (SSSR count). The molecule has 0 aromatic carbocycles. The lowest BCUT2D eigenvalue weighted by Gasteiger charge is -2.30. The molecule has 0 atom stereocenters. The van der Waals surface area contributed by atoms with Crippen molar-refractivity contribution in [2.45, 2.75) is 52.2 Å². The molecule has 25 heavy (non-hydrogen) atoms. The van der Waals surface area contributed by atoms with Gasteiger partial charge in [-0.2, -0.15) is 0 Å². The molecular formula is C18H25N3O2S2. The molecule has 136 valence electrons. The van der Waals surface area contributed by atoms with Crippen LogP contribution >= 0.6 is 23.1 Å². The molecule has 1 saturated heterocycles. The smallest absolute Gasteiger partial charge is 0.263 e. The Morgan fingerprint density at radius 3 is 2.64 bits per heavy atom. The lowest BCUT2D eigenvalue weighted by atomic mass is 9.99. The maximum absolute atomic E-state index is 12.8. The SMILES string of the molecule is CCn1c(SCC(=O)N2CCC(C)CC2)nc2sc(C)c(C)c2c1=O. The van der Waals surface area contributed by atoms with Crippen LogP contribution in [0, 0.1) is 19.8 Å². The number of piperidine rings is 1. The van der Waals surface area contributed by atoms with Crippen molar-refractivity contribution in [3.05, 3.63) is 20.8 Å². The molecule has 0 spiro atoms. The molecule has 2 aromatic rings. The van der Waals surface area contributed by atoms with Gasteiger partial charge in [-0.05, 0) is 45.1 Å². The Hall–Kier alpha value is -1.34. The zero-order chi connectivity index (χ0) is 18.1. The minimum Gasteiger partial charge on any atom is -0.342 e. The third-order valence-corrected chi connectivity index (χ3v) is 7.09. The van der Waals surface area contributed by atoms with Crippen LogP contribution in [-0.2, 0) is 11.3 Å². The molecule has 7 heteroatoms. The first-order valence-electron chi connectivity index (χ1n) is 8.83. The van der Waals surface area contributed by atoms with Crippen LogP contribution in [0.25, 0.3) is 10.2 Å². The fraction of sp³-hybridized carbons (Fsp3) is 0.611. The first-order chi connectivity index (χ1) is 11.9. The van der Waals surface area contributed by atoms with Gasteiger partial charge in [0.15, 0.2) is 5.16 Å². The van der Waals surface area contributed by atoms with Gasteiger partial charge < -0.3 is 4.90 Å². The van der Waals surface area contributed by atoms with E-state index in [0.717, 1.165) is 46.6 Å². The summed E-state index contributed by atoms with van der Waals surface area (Å²) in [7, 11) is 0. The molecule has 0 unspecified atom stereocenters. The van der Waals surface area contributed by atoms with Gasteiger partial charge in [0.25, 0.3) is 5.56 Å². The van der Waals surface area contributed by atoms with Crippen LogP contribution in [0.1, 0.15) is 37.1 Å². The van der Waals surface area contributed by atoms with Crippen molar-refractivity contribution in [1.82, 2.24) is 14.5 Å². The van der Waals surface area contributed by atoms with Gasteiger partial charge in [-0.3, -0.25) is 14.2 Å². The van der Waals surface area contributed by atoms with E-state index in [1.165, 1.54) is 11.8 Å². The van der Waals surface area contributed by atoms with Crippen LogP contribution in [0.5, 0.6) is 0 Å². The van der Waals surface area contributed by atoms with Crippen molar-refractivity contribution in [2.75, 3.05) is 18.8 Å². The Morgan fingerprint density at radius 1 is 1.32 bits per heavy atom. The molecule has 0 radical (unpaired) electrons. The summed E-state index contributed by atoms with van der Waals surface area (Å²) in [4.78, 5) is 33.8. The number of thiophene rings is 1. The number of carbonyl (C=O) groups excluding carboxylic acids is 1. The van der Waals surface area contributed by atoms with Gasteiger partial charge in [0.1, 0.15) is 4.83 Å². The molecule has 2 aromatic heterocycles. The van der Waals surface area contributed by atoms with E-state index in [4.69, 9.17) is 4.98 Å². The molecule has 0 N–H and O–H groups in total. The summed E-state index contributed by atoms with van der Waals surface area (Å²) in [5.41, 5.74) is 1.03. The van der Waals surface area contributed by atoms with Crippen molar-refractivity contribution in [2.24, 2.45) is 5.92 Å². The van der Waals surface area contributed by atoms with Crippen molar-refractivity contribution in [1.29, 1.82) is 0 Å². The number of aromatic nitrogens is 2. The highest BCUT2D eigenvalue weighted by Gasteiger charge is 2.22. The normalized spacial score (nSPS) is 15.9. The van der Waals surface area contributed by atoms with E-state index in [1.807, 2.05) is 25.7 Å². The first kappa shape index (κ1) is 18.5. The molecule has 0 aliphatic carbocycles. The second-order valence-corrected chi connectivity index (χ2v) is 8.90. The van der Waals surface area contributed by atoms with Gasteiger partial charge in [0.2, 0.25) is 5.91 Å². The van der Waals surface area contributed by atoms with Crippen LogP contribution in [0.15, 0.2) is 9.95 Å². The highest BCUT2D eigenvalue weighted by molar-refractivity contribution is 7.99. The molecule has 3 heterocycles. The zero-order valence-electron chi connectivity index (χ0n) is 15.3. The van der Waals surface area contributed by atoms with Gasteiger partial charge in [0.05, 0.1) is 11.1 Å². The molecule has 5 nitrogen and oxygen atoms in total. The average Bonchev–Trinajstić information content (AvgIpc) is 2.88. The lowest BCUT2D eigenvalue weighted by Crippen LogP contribution is -2.39. The maximum atomic E-state index is 12.8. The Balaban J connectivity index is 1.81. The second-order valence-electron chi connectivity index (χ2n) is 6.76. The summed E-state index contributed by atoms with van der Waals surface area (Å²) in [6.07, 6.45) is 2.15. The number of hydrogen-bond donors (Lipinski definition) is 0. The van der Waals surface area contributed by atoms with E-state index in [0.29, 0.717) is 23.4 Å². The van der Waals surface area contributed by atoms with Crippen molar-refractivity contribution < 1.29 is 4.79 Å². The van der Waals surface area contributed by atoms with Gasteiger partial charge in [-0.1, -0.05) is 18.7 Å². The highest BCUT2D eigenvalue weighted by atomic mass is 32.2. The number of hydrogen-bond acceptors (Lipinski definition) is 5. The summed E-state index contributed by atoms with van der Waals surface area (Å²) >= 11 is 2.94. The molecule has 0 bridgehead atoms. The number of aryl methyl sites for hydroxylation is 2. The predicted molar refractivity (Wildman–Crippen MR) is 105 cm³/mol. The Morgan fingerprint density at radius 2 is 2.00 bits per heavy atom. The monoisotopic (exact) mass is 379 g/mol. The Kier molecular flexibility index (Phi) is 5.53. The quantitative estimate of drug-likeness (QED) is 0.603. The number of rotatable bonds is 4. The molecule has 1 amide bonds. The van der Waals surface area contributed by atoms with Gasteiger partial charge in [-0.15, -0.1) is 11.3 Å². The van der Waals surface area contributed by atoms with Crippen LogP contribution in [0.4, 0.5) is 0 Å². The predicted octanol–water partition coefficient (Wildman–Crippen LogP) is 3.45. The average molecular weight is 380 g/mol. The number of fused-ring (bicyclic) bond motifs is 1. The second kappa shape index (κ2) is 7.50. The maximum Gasteiger partial charge on any atom is 0.263 e. The number of likely N-dealkylation sites (tertiary alicyclic amines) is 1. The number of carbonyl (C=O) groups is 1. The fourth-order valence-electron chi connectivity index (χ4n) is 3.17. The van der Waals surface area contributed by atoms with E-state index in [-0.39, 0.29) is 11.5 Å². The summed E-state index contributed by atoms with van der Waals surface area (Å²) in [5.74, 6) is 1.19. The van der Waals surface area contributed by atoms with E-state index >= 15 is 0 Å². The van der Waals surface area contributed by atoms with E-state index in [2.05, 4.69) is 6.92 Å². The van der Waals surface area contributed by atoms with Gasteiger partial charge in [0, 0.05) is 24.5 Å². The minimum absolute atomic E-state index is 0.0103. The van der Waals surface area contributed by atoms with E-state index in [9.17, 15) is 9.59 Å². The number of thioether (sulfide) groups is 1. The minimum atomic E-state index is 0.0103. The summed E-state index contributed by atoms with van der Waals surface area (Å²) in [5, 5.41) is 1.38. The van der Waals surface area contributed by atoms with Crippen molar-refractivity contribution >= 4 is 39.2 Å². The Labute approximate surface area is 156 Å².